The van der Waals surface area contributed by atoms with Gasteiger partial charge in [-0.3, -0.25) is 4.79 Å². The summed E-state index contributed by atoms with van der Waals surface area (Å²) in [6, 6.07) is 5.52. The molecule has 0 aliphatic rings. The zero-order chi connectivity index (χ0) is 13.8. The van der Waals surface area contributed by atoms with Gasteiger partial charge in [-0.1, -0.05) is 18.2 Å². The maximum Gasteiger partial charge on any atom is 0.258 e. The van der Waals surface area contributed by atoms with E-state index in [1.807, 2.05) is 39.8 Å². The van der Waals surface area contributed by atoms with Crippen LogP contribution in [-0.4, -0.2) is 23.2 Å². The van der Waals surface area contributed by atoms with Gasteiger partial charge in [-0.2, -0.15) is 0 Å². The van der Waals surface area contributed by atoms with Crippen LogP contribution in [0.5, 0.6) is 5.75 Å². The first-order valence-electron chi connectivity index (χ1n) is 5.96. The van der Waals surface area contributed by atoms with E-state index in [0.717, 1.165) is 5.56 Å². The van der Waals surface area contributed by atoms with Crippen molar-refractivity contribution in [2.45, 2.75) is 39.8 Å². The summed E-state index contributed by atoms with van der Waals surface area (Å²) < 4.78 is 5.49. The number of carbonyl (C=O) groups excluding carboxylic acids is 1. The Morgan fingerprint density at radius 3 is 2.61 bits per heavy atom. The Morgan fingerprint density at radius 2 is 2.06 bits per heavy atom. The predicted molar refractivity (Wildman–Crippen MR) is 70.5 cm³/mol. The molecule has 0 saturated carbocycles. The summed E-state index contributed by atoms with van der Waals surface area (Å²) >= 11 is 0. The molecule has 1 rings (SSSR count). The second kappa shape index (κ2) is 5.87. The number of hydrogen-bond acceptors (Lipinski definition) is 3. The zero-order valence-corrected chi connectivity index (χ0v) is 11.4. The number of amides is 1. The lowest BCUT2D eigenvalue weighted by molar-refractivity contribution is -0.124. The van der Waals surface area contributed by atoms with E-state index < -0.39 is 0 Å². The fraction of sp³-hybridized carbons (Fsp3) is 0.500. The fourth-order valence-corrected chi connectivity index (χ4v) is 1.64. The fourth-order valence-electron chi connectivity index (χ4n) is 1.64. The Bertz CT molecular complexity index is 422. The van der Waals surface area contributed by atoms with E-state index in [1.165, 1.54) is 0 Å². The van der Waals surface area contributed by atoms with Crippen LogP contribution in [0.3, 0.4) is 0 Å². The maximum atomic E-state index is 11.6. The van der Waals surface area contributed by atoms with Crippen molar-refractivity contribution in [2.75, 3.05) is 6.61 Å². The minimum Gasteiger partial charge on any atom is -0.483 e. The molecule has 2 N–H and O–H groups in total. The number of hydrogen-bond donors (Lipinski definition) is 2. The molecular formula is C14H21NO3. The topological polar surface area (TPSA) is 58.6 Å². The summed E-state index contributed by atoms with van der Waals surface area (Å²) in [5.41, 5.74) is 1.33. The van der Waals surface area contributed by atoms with E-state index in [9.17, 15) is 9.90 Å². The van der Waals surface area contributed by atoms with Gasteiger partial charge in [0.05, 0.1) is 6.61 Å². The van der Waals surface area contributed by atoms with Crippen molar-refractivity contribution in [3.8, 4) is 5.75 Å². The molecule has 1 aromatic carbocycles. The van der Waals surface area contributed by atoms with Crippen LogP contribution >= 0.6 is 0 Å². The molecule has 18 heavy (non-hydrogen) atoms. The largest absolute Gasteiger partial charge is 0.483 e. The summed E-state index contributed by atoms with van der Waals surface area (Å²) in [6.45, 7) is 7.48. The molecule has 0 bridgehead atoms. The first kappa shape index (κ1) is 14.5. The molecule has 0 atom stereocenters. The van der Waals surface area contributed by atoms with Crippen molar-refractivity contribution in [3.63, 3.8) is 0 Å². The zero-order valence-electron chi connectivity index (χ0n) is 11.4. The van der Waals surface area contributed by atoms with Crippen LogP contribution in [-0.2, 0) is 11.4 Å². The minimum absolute atomic E-state index is 0.0465. The molecule has 1 amide bonds. The highest BCUT2D eigenvalue weighted by Crippen LogP contribution is 2.23. The Labute approximate surface area is 108 Å². The van der Waals surface area contributed by atoms with Gasteiger partial charge in [-0.25, -0.2) is 0 Å². The number of rotatable bonds is 4. The summed E-state index contributed by atoms with van der Waals surface area (Å²) in [5.74, 6) is 0.415. The van der Waals surface area contributed by atoms with Crippen molar-refractivity contribution in [1.29, 1.82) is 0 Å². The Kier molecular flexibility index (Phi) is 4.73. The second-order valence-electron chi connectivity index (χ2n) is 5.31. The minimum atomic E-state index is -0.272. The average molecular weight is 251 g/mol. The van der Waals surface area contributed by atoms with E-state index in [1.54, 1.807) is 6.07 Å². The van der Waals surface area contributed by atoms with Crippen LogP contribution in [0.25, 0.3) is 0 Å². The van der Waals surface area contributed by atoms with E-state index in [-0.39, 0.29) is 24.7 Å². The third kappa shape index (κ3) is 4.37. The lowest BCUT2D eigenvalue weighted by atomic mass is 10.1. The highest BCUT2D eigenvalue weighted by molar-refractivity contribution is 5.78. The van der Waals surface area contributed by atoms with Crippen molar-refractivity contribution in [2.24, 2.45) is 0 Å². The van der Waals surface area contributed by atoms with Gasteiger partial charge >= 0.3 is 0 Å². The SMILES string of the molecule is Cc1cccc(CO)c1OCC(=O)NC(C)(C)C. The first-order chi connectivity index (χ1) is 8.33. The lowest BCUT2D eigenvalue weighted by Crippen LogP contribution is -2.43. The highest BCUT2D eigenvalue weighted by atomic mass is 16.5. The highest BCUT2D eigenvalue weighted by Gasteiger charge is 2.15. The number of carbonyl (C=O) groups is 1. The Hall–Kier alpha value is -1.55. The normalized spacial score (nSPS) is 11.2. The summed E-state index contributed by atoms with van der Waals surface area (Å²) in [7, 11) is 0. The smallest absolute Gasteiger partial charge is 0.258 e. The van der Waals surface area contributed by atoms with Gasteiger partial charge in [-0.15, -0.1) is 0 Å². The van der Waals surface area contributed by atoms with Crippen molar-refractivity contribution in [1.82, 2.24) is 5.32 Å². The van der Waals surface area contributed by atoms with Gasteiger partial charge in [-0.05, 0) is 33.3 Å². The van der Waals surface area contributed by atoms with Crippen molar-refractivity contribution >= 4 is 5.91 Å². The molecule has 0 aromatic heterocycles. The number of aliphatic hydroxyl groups excluding tert-OH is 1. The monoisotopic (exact) mass is 251 g/mol. The molecule has 0 unspecified atom stereocenters. The third-order valence-corrected chi connectivity index (χ3v) is 2.33. The molecule has 0 saturated heterocycles. The number of ether oxygens (including phenoxy) is 1. The summed E-state index contributed by atoms with van der Waals surface area (Å²) in [4.78, 5) is 11.6. The number of para-hydroxylation sites is 1. The van der Waals surface area contributed by atoms with E-state index >= 15 is 0 Å². The van der Waals surface area contributed by atoms with Crippen molar-refractivity contribution < 1.29 is 14.6 Å². The third-order valence-electron chi connectivity index (χ3n) is 2.33. The number of benzene rings is 1. The summed E-state index contributed by atoms with van der Waals surface area (Å²) in [6.07, 6.45) is 0. The van der Waals surface area contributed by atoms with Crippen LogP contribution in [0.2, 0.25) is 0 Å². The van der Waals surface area contributed by atoms with Crippen LogP contribution in [0.15, 0.2) is 18.2 Å². The summed E-state index contributed by atoms with van der Waals surface area (Å²) in [5, 5.41) is 12.0. The standard InChI is InChI=1S/C14H21NO3/c1-10-6-5-7-11(8-16)13(10)18-9-12(17)15-14(2,3)4/h5-7,16H,8-9H2,1-4H3,(H,15,17). The predicted octanol–water partition coefficient (Wildman–Crippen LogP) is 1.78. The molecule has 0 aliphatic heterocycles. The van der Waals surface area contributed by atoms with Crippen LogP contribution in [0.4, 0.5) is 0 Å². The van der Waals surface area contributed by atoms with Gasteiger partial charge in [0.25, 0.3) is 5.91 Å². The van der Waals surface area contributed by atoms with Crippen molar-refractivity contribution in [3.05, 3.63) is 29.3 Å². The number of nitrogens with one attached hydrogen (secondary N) is 1. The Balaban J connectivity index is 2.66. The quantitative estimate of drug-likeness (QED) is 0.857. The van der Waals surface area contributed by atoms with Gasteiger partial charge in [0, 0.05) is 11.1 Å². The van der Waals surface area contributed by atoms with Gasteiger partial charge in [0.15, 0.2) is 6.61 Å². The number of aliphatic hydroxyl groups is 1. The lowest BCUT2D eigenvalue weighted by Gasteiger charge is -2.21. The van der Waals surface area contributed by atoms with Gasteiger partial charge in [0.2, 0.25) is 0 Å². The molecular weight excluding hydrogens is 230 g/mol. The molecule has 0 fully saturated rings. The molecule has 0 heterocycles. The molecule has 0 aliphatic carbocycles. The van der Waals surface area contributed by atoms with Crippen LogP contribution in [0, 0.1) is 6.92 Å². The van der Waals surface area contributed by atoms with Crippen LogP contribution < -0.4 is 10.1 Å². The molecule has 4 heteroatoms. The van der Waals surface area contributed by atoms with E-state index in [2.05, 4.69) is 5.32 Å². The van der Waals surface area contributed by atoms with Gasteiger partial charge < -0.3 is 15.2 Å². The maximum absolute atomic E-state index is 11.6. The molecule has 4 nitrogen and oxygen atoms in total. The first-order valence-corrected chi connectivity index (χ1v) is 5.96. The van der Waals surface area contributed by atoms with Gasteiger partial charge in [0.1, 0.15) is 5.75 Å². The Morgan fingerprint density at radius 1 is 1.39 bits per heavy atom. The molecule has 0 radical (unpaired) electrons. The second-order valence-corrected chi connectivity index (χ2v) is 5.31. The molecule has 1 aromatic rings. The number of aryl methyl sites for hydroxylation is 1. The van der Waals surface area contributed by atoms with E-state index in [0.29, 0.717) is 11.3 Å². The van der Waals surface area contributed by atoms with E-state index in [4.69, 9.17) is 4.74 Å². The average Bonchev–Trinajstić information content (AvgIpc) is 2.24. The molecule has 100 valence electrons. The van der Waals surface area contributed by atoms with Crippen LogP contribution in [0.1, 0.15) is 31.9 Å². The molecule has 0 spiro atoms.